The molecule has 1 aromatic rings. The van der Waals surface area contributed by atoms with E-state index in [1.807, 2.05) is 12.1 Å². The maximum absolute atomic E-state index is 10.9. The van der Waals surface area contributed by atoms with Crippen molar-refractivity contribution in [1.29, 1.82) is 0 Å². The molecule has 1 heterocycles. The topological polar surface area (TPSA) is 67.1 Å². The quantitative estimate of drug-likeness (QED) is 0.659. The Morgan fingerprint density at radius 3 is 2.33 bits per heavy atom. The largest absolute Gasteiger partial charge is 0.337 e. The summed E-state index contributed by atoms with van der Waals surface area (Å²) in [7, 11) is 0. The zero-order valence-electron chi connectivity index (χ0n) is 8.49. The van der Waals surface area contributed by atoms with E-state index in [1.54, 1.807) is 0 Å². The third-order valence-corrected chi connectivity index (χ3v) is 2.70. The molecule has 0 spiro atoms. The molecule has 2 rings (SSSR count). The fraction of sp³-hybridized carbons (Fsp3) is 0.364. The minimum atomic E-state index is -0.0789. The summed E-state index contributed by atoms with van der Waals surface area (Å²) >= 11 is 0. The smallest absolute Gasteiger partial charge is 0.314 e. The van der Waals surface area contributed by atoms with Gasteiger partial charge in [0.25, 0.3) is 0 Å². The molecule has 1 fully saturated rings. The van der Waals surface area contributed by atoms with Crippen LogP contribution in [0.5, 0.6) is 0 Å². The number of nitrogens with two attached hydrogens (primary N) is 1. The van der Waals surface area contributed by atoms with Gasteiger partial charge >= 0.3 is 6.03 Å². The van der Waals surface area contributed by atoms with Gasteiger partial charge in [0, 0.05) is 25.6 Å². The minimum Gasteiger partial charge on any atom is -0.337 e. The first kappa shape index (κ1) is 9.98. The second-order valence-corrected chi connectivity index (χ2v) is 3.73. The Labute approximate surface area is 88.9 Å². The van der Waals surface area contributed by atoms with Crippen molar-refractivity contribution in [2.24, 2.45) is 5.73 Å². The minimum absolute atomic E-state index is 0.0789. The van der Waals surface area contributed by atoms with E-state index in [0.29, 0.717) is 25.6 Å². The summed E-state index contributed by atoms with van der Waals surface area (Å²) in [5.41, 5.74) is 7.89. The maximum atomic E-state index is 10.9. The first-order chi connectivity index (χ1) is 7.29. The molecule has 1 aliphatic heterocycles. The molecule has 2 amide bonds. The summed E-state index contributed by atoms with van der Waals surface area (Å²) in [5, 5.41) is 5.57. The molecule has 80 valence electrons. The van der Waals surface area contributed by atoms with Gasteiger partial charge in [0.15, 0.2) is 0 Å². The highest BCUT2D eigenvalue weighted by Crippen LogP contribution is 2.16. The zero-order valence-corrected chi connectivity index (χ0v) is 8.49. The van der Waals surface area contributed by atoms with Gasteiger partial charge < -0.3 is 16.4 Å². The SMILES string of the molecule is NCc1ccc(C2CNC(=O)NC2)cc1. The number of urea groups is 1. The number of amides is 2. The summed E-state index contributed by atoms with van der Waals surface area (Å²) in [6, 6.07) is 8.14. The van der Waals surface area contributed by atoms with E-state index in [0.717, 1.165) is 5.56 Å². The average Bonchev–Trinajstić information content (AvgIpc) is 2.30. The Morgan fingerprint density at radius 2 is 1.80 bits per heavy atom. The Kier molecular flexibility index (Phi) is 2.87. The van der Waals surface area contributed by atoms with Crippen molar-refractivity contribution in [3.8, 4) is 0 Å². The van der Waals surface area contributed by atoms with Crippen molar-refractivity contribution in [2.75, 3.05) is 13.1 Å². The van der Waals surface area contributed by atoms with Gasteiger partial charge in [-0.3, -0.25) is 0 Å². The molecule has 0 atom stereocenters. The summed E-state index contributed by atoms with van der Waals surface area (Å²) < 4.78 is 0. The van der Waals surface area contributed by atoms with Gasteiger partial charge in [0.2, 0.25) is 0 Å². The van der Waals surface area contributed by atoms with Crippen LogP contribution in [-0.2, 0) is 6.54 Å². The Balaban J connectivity index is 2.06. The van der Waals surface area contributed by atoms with Crippen LogP contribution in [0.1, 0.15) is 17.0 Å². The van der Waals surface area contributed by atoms with Gasteiger partial charge in [-0.2, -0.15) is 0 Å². The third kappa shape index (κ3) is 2.27. The molecular formula is C11H15N3O. The molecule has 0 aromatic heterocycles. The maximum Gasteiger partial charge on any atom is 0.314 e. The van der Waals surface area contributed by atoms with Crippen molar-refractivity contribution in [3.05, 3.63) is 35.4 Å². The van der Waals surface area contributed by atoms with Crippen LogP contribution in [-0.4, -0.2) is 19.1 Å². The number of benzene rings is 1. The Bertz CT molecular complexity index is 337. The van der Waals surface area contributed by atoms with Crippen molar-refractivity contribution >= 4 is 6.03 Å². The van der Waals surface area contributed by atoms with Crippen LogP contribution in [0.3, 0.4) is 0 Å². The number of carbonyl (C=O) groups is 1. The van der Waals surface area contributed by atoms with Crippen LogP contribution in [0.15, 0.2) is 24.3 Å². The van der Waals surface area contributed by atoms with E-state index in [1.165, 1.54) is 5.56 Å². The lowest BCUT2D eigenvalue weighted by Crippen LogP contribution is -2.47. The summed E-state index contributed by atoms with van der Waals surface area (Å²) in [6.45, 7) is 1.97. The van der Waals surface area contributed by atoms with Gasteiger partial charge in [-0.05, 0) is 11.1 Å². The molecule has 0 unspecified atom stereocenters. The van der Waals surface area contributed by atoms with Gasteiger partial charge in [-0.25, -0.2) is 4.79 Å². The molecule has 4 heteroatoms. The van der Waals surface area contributed by atoms with E-state index in [4.69, 9.17) is 5.73 Å². The molecule has 0 saturated carbocycles. The lowest BCUT2D eigenvalue weighted by molar-refractivity contribution is 0.234. The molecule has 0 bridgehead atoms. The van der Waals surface area contributed by atoms with Gasteiger partial charge in [-0.1, -0.05) is 24.3 Å². The van der Waals surface area contributed by atoms with Crippen LogP contribution < -0.4 is 16.4 Å². The molecular weight excluding hydrogens is 190 g/mol. The van der Waals surface area contributed by atoms with E-state index >= 15 is 0 Å². The second-order valence-electron chi connectivity index (χ2n) is 3.73. The molecule has 0 aliphatic carbocycles. The molecule has 0 radical (unpaired) electrons. The van der Waals surface area contributed by atoms with Crippen molar-refractivity contribution in [3.63, 3.8) is 0 Å². The highest BCUT2D eigenvalue weighted by atomic mass is 16.2. The van der Waals surface area contributed by atoms with Crippen LogP contribution >= 0.6 is 0 Å². The molecule has 4 nitrogen and oxygen atoms in total. The van der Waals surface area contributed by atoms with E-state index in [-0.39, 0.29) is 6.03 Å². The first-order valence-corrected chi connectivity index (χ1v) is 5.10. The number of hydrogen-bond acceptors (Lipinski definition) is 2. The second kappa shape index (κ2) is 4.31. The van der Waals surface area contributed by atoms with Crippen molar-refractivity contribution in [1.82, 2.24) is 10.6 Å². The van der Waals surface area contributed by atoms with Gasteiger partial charge in [0.1, 0.15) is 0 Å². The molecule has 4 N–H and O–H groups in total. The van der Waals surface area contributed by atoms with E-state index in [9.17, 15) is 4.79 Å². The van der Waals surface area contributed by atoms with Gasteiger partial charge in [-0.15, -0.1) is 0 Å². The lowest BCUT2D eigenvalue weighted by Gasteiger charge is -2.24. The lowest BCUT2D eigenvalue weighted by atomic mass is 9.97. The molecule has 15 heavy (non-hydrogen) atoms. The summed E-state index contributed by atoms with van der Waals surface area (Å²) in [5.74, 6) is 0.356. The zero-order chi connectivity index (χ0) is 10.7. The predicted octanol–water partition coefficient (Wildman–Crippen LogP) is 0.542. The highest BCUT2D eigenvalue weighted by molar-refractivity contribution is 5.74. The van der Waals surface area contributed by atoms with E-state index in [2.05, 4.69) is 22.8 Å². The number of nitrogens with one attached hydrogen (secondary N) is 2. The number of hydrogen-bond donors (Lipinski definition) is 3. The summed E-state index contributed by atoms with van der Waals surface area (Å²) in [4.78, 5) is 10.9. The Morgan fingerprint density at radius 1 is 1.20 bits per heavy atom. The van der Waals surface area contributed by atoms with Gasteiger partial charge in [0.05, 0.1) is 0 Å². The predicted molar refractivity (Wildman–Crippen MR) is 58.5 cm³/mol. The fourth-order valence-corrected chi connectivity index (χ4v) is 1.73. The van der Waals surface area contributed by atoms with Crippen LogP contribution in [0, 0.1) is 0 Å². The average molecular weight is 205 g/mol. The summed E-state index contributed by atoms with van der Waals surface area (Å²) in [6.07, 6.45) is 0. The molecule has 1 aliphatic rings. The Hall–Kier alpha value is -1.55. The molecule has 1 aromatic carbocycles. The van der Waals surface area contributed by atoms with E-state index < -0.39 is 0 Å². The highest BCUT2D eigenvalue weighted by Gasteiger charge is 2.18. The monoisotopic (exact) mass is 205 g/mol. The van der Waals surface area contributed by atoms with Crippen molar-refractivity contribution < 1.29 is 4.79 Å². The standard InChI is InChI=1S/C11H15N3O/c12-5-8-1-3-9(4-2-8)10-6-13-11(15)14-7-10/h1-4,10H,5-7,12H2,(H2,13,14,15). The normalized spacial score (nSPS) is 17.0. The number of carbonyl (C=O) groups excluding carboxylic acids is 1. The fourth-order valence-electron chi connectivity index (χ4n) is 1.73. The third-order valence-electron chi connectivity index (χ3n) is 2.70. The van der Waals surface area contributed by atoms with Crippen LogP contribution in [0.2, 0.25) is 0 Å². The first-order valence-electron chi connectivity index (χ1n) is 5.10. The number of rotatable bonds is 2. The van der Waals surface area contributed by atoms with Crippen LogP contribution in [0.4, 0.5) is 4.79 Å². The van der Waals surface area contributed by atoms with Crippen molar-refractivity contribution in [2.45, 2.75) is 12.5 Å². The van der Waals surface area contributed by atoms with Crippen LogP contribution in [0.25, 0.3) is 0 Å². The molecule has 1 saturated heterocycles.